The Morgan fingerprint density at radius 2 is 1.93 bits per heavy atom. The molecule has 2 rings (SSSR count). The normalized spacial score (nSPS) is 14.1. The van der Waals surface area contributed by atoms with Gasteiger partial charge in [0.05, 0.1) is 12.8 Å². The fourth-order valence-electron chi connectivity index (χ4n) is 2.53. The minimum atomic E-state index is -4.35. The Balaban J connectivity index is 0.00000204. The van der Waals surface area contributed by atoms with Gasteiger partial charge in [0.2, 0.25) is 0 Å². The third kappa shape index (κ3) is 6.86. The summed E-state index contributed by atoms with van der Waals surface area (Å²) in [4.78, 5) is 16.8. The van der Waals surface area contributed by atoms with Crippen molar-refractivity contribution in [2.75, 3.05) is 14.2 Å². The van der Waals surface area contributed by atoms with Crippen LogP contribution in [0.15, 0.2) is 52.7 Å². The molecule has 0 fully saturated rings. The lowest BCUT2D eigenvalue weighted by atomic mass is 9.97. The third-order valence-electron chi connectivity index (χ3n) is 3.99. The first-order valence-electron chi connectivity index (χ1n) is 8.58. The molecule has 0 amide bonds. The molecule has 0 heterocycles. The number of aliphatic hydroxyl groups excluding tert-OH is 1. The Labute approximate surface area is 166 Å². The molecule has 1 aliphatic rings. The van der Waals surface area contributed by atoms with E-state index in [0.717, 1.165) is 13.2 Å². The molecular formula is C20H23F3N2O4. The summed E-state index contributed by atoms with van der Waals surface area (Å²) in [7, 11) is 2.18. The van der Waals surface area contributed by atoms with E-state index in [9.17, 15) is 18.0 Å². The monoisotopic (exact) mass is 412 g/mol. The number of esters is 1. The van der Waals surface area contributed by atoms with Gasteiger partial charge in [0.1, 0.15) is 12.3 Å². The van der Waals surface area contributed by atoms with Gasteiger partial charge in [-0.25, -0.2) is 4.79 Å². The molecule has 29 heavy (non-hydrogen) atoms. The van der Waals surface area contributed by atoms with E-state index in [0.29, 0.717) is 22.4 Å². The molecule has 1 aliphatic carbocycles. The van der Waals surface area contributed by atoms with Crippen LogP contribution in [0, 0.1) is 5.41 Å². The maximum Gasteiger partial charge on any atom is 0.412 e. The quantitative estimate of drug-likeness (QED) is 0.421. The number of methoxy groups -OCH3 is 1. The molecule has 0 radical (unpaired) electrons. The molecule has 1 aromatic carbocycles. The molecule has 0 unspecified atom stereocenters. The zero-order valence-electron chi connectivity index (χ0n) is 16.3. The van der Waals surface area contributed by atoms with Crippen LogP contribution in [-0.2, 0) is 21.0 Å². The van der Waals surface area contributed by atoms with Gasteiger partial charge in [-0.05, 0) is 31.4 Å². The van der Waals surface area contributed by atoms with Crippen LogP contribution >= 0.6 is 0 Å². The van der Waals surface area contributed by atoms with Gasteiger partial charge in [0.25, 0.3) is 0 Å². The zero-order valence-corrected chi connectivity index (χ0v) is 16.3. The molecule has 9 heteroatoms. The summed E-state index contributed by atoms with van der Waals surface area (Å²) >= 11 is 0. The Morgan fingerprint density at radius 3 is 2.55 bits per heavy atom. The average Bonchev–Trinajstić information content (AvgIpc) is 2.73. The van der Waals surface area contributed by atoms with Crippen molar-refractivity contribution in [1.82, 2.24) is 0 Å². The number of hydrogen-bond donors (Lipinski definition) is 2. The van der Waals surface area contributed by atoms with Crippen molar-refractivity contribution in [3.63, 3.8) is 0 Å². The van der Waals surface area contributed by atoms with Gasteiger partial charge in [-0.2, -0.15) is 13.2 Å². The van der Waals surface area contributed by atoms with Crippen LogP contribution in [0.1, 0.15) is 30.9 Å². The second kappa shape index (κ2) is 11.2. The predicted octanol–water partition coefficient (Wildman–Crippen LogP) is 3.94. The van der Waals surface area contributed by atoms with Crippen LogP contribution in [0.25, 0.3) is 0 Å². The largest absolute Gasteiger partial charge is 0.464 e. The first-order chi connectivity index (χ1) is 13.7. The molecule has 0 bridgehead atoms. The van der Waals surface area contributed by atoms with Crippen molar-refractivity contribution in [1.29, 1.82) is 5.41 Å². The van der Waals surface area contributed by atoms with Gasteiger partial charge in [-0.1, -0.05) is 35.5 Å². The fourth-order valence-corrected chi connectivity index (χ4v) is 2.53. The topological polar surface area (TPSA) is 92.0 Å². The number of rotatable bonds is 6. The number of aliphatic hydroxyl groups is 1. The third-order valence-corrected chi connectivity index (χ3v) is 3.99. The van der Waals surface area contributed by atoms with E-state index in [1.807, 2.05) is 0 Å². The van der Waals surface area contributed by atoms with Gasteiger partial charge in [-0.15, -0.1) is 0 Å². The number of nitrogens with one attached hydrogen (secondary N) is 1. The molecule has 0 aliphatic heterocycles. The number of oxime groups is 1. The summed E-state index contributed by atoms with van der Waals surface area (Å²) < 4.78 is 43.1. The number of alkyl halides is 3. The van der Waals surface area contributed by atoms with Gasteiger partial charge in [0, 0.05) is 23.8 Å². The number of benzene rings is 1. The van der Waals surface area contributed by atoms with Crippen molar-refractivity contribution in [2.45, 2.75) is 32.5 Å². The Kier molecular flexibility index (Phi) is 9.27. The van der Waals surface area contributed by atoms with Crippen molar-refractivity contribution in [2.24, 2.45) is 5.16 Å². The van der Waals surface area contributed by atoms with E-state index in [1.54, 1.807) is 37.3 Å². The highest BCUT2D eigenvalue weighted by molar-refractivity contribution is 6.42. The summed E-state index contributed by atoms with van der Waals surface area (Å²) in [5, 5.41) is 18.7. The highest BCUT2D eigenvalue weighted by Gasteiger charge is 2.34. The molecule has 1 aromatic rings. The first kappa shape index (κ1) is 24.1. The highest BCUT2D eigenvalue weighted by Crippen LogP contribution is 2.33. The summed E-state index contributed by atoms with van der Waals surface area (Å²) in [6.07, 6.45) is -1.37. The maximum atomic E-state index is 12.8. The van der Waals surface area contributed by atoms with Crippen LogP contribution in [0.3, 0.4) is 0 Å². The van der Waals surface area contributed by atoms with Crippen LogP contribution in [0.2, 0.25) is 0 Å². The summed E-state index contributed by atoms with van der Waals surface area (Å²) in [5.74, 6) is -0.778. The highest BCUT2D eigenvalue weighted by atomic mass is 19.4. The smallest absolute Gasteiger partial charge is 0.412 e. The predicted molar refractivity (Wildman–Crippen MR) is 103 cm³/mol. The molecule has 6 nitrogen and oxygen atoms in total. The number of carbonyl (C=O) groups excluding carboxylic acids is 1. The van der Waals surface area contributed by atoms with Crippen molar-refractivity contribution in [3.8, 4) is 0 Å². The molecular weight excluding hydrogens is 389 g/mol. The van der Waals surface area contributed by atoms with E-state index < -0.39 is 17.7 Å². The zero-order chi connectivity index (χ0) is 22.0. The number of carbonyl (C=O) groups is 1. The molecule has 0 saturated carbocycles. The maximum absolute atomic E-state index is 12.8. The lowest BCUT2D eigenvalue weighted by Crippen LogP contribution is -2.17. The number of hydrogen-bond acceptors (Lipinski definition) is 6. The second-order valence-corrected chi connectivity index (χ2v) is 5.84. The van der Waals surface area contributed by atoms with Gasteiger partial charge >= 0.3 is 12.1 Å². The molecule has 0 atom stereocenters. The number of ether oxygens (including phenoxy) is 1. The van der Waals surface area contributed by atoms with Crippen LogP contribution in [0.4, 0.5) is 13.2 Å². The van der Waals surface area contributed by atoms with E-state index in [1.165, 1.54) is 7.11 Å². The molecule has 2 N–H and O–H groups in total. The lowest BCUT2D eigenvalue weighted by Gasteiger charge is -2.16. The minimum Gasteiger partial charge on any atom is -0.464 e. The molecule has 0 spiro atoms. The van der Waals surface area contributed by atoms with Gasteiger partial charge in [0.15, 0.2) is 0 Å². The van der Waals surface area contributed by atoms with E-state index in [4.69, 9.17) is 15.4 Å². The van der Waals surface area contributed by atoms with Crippen LogP contribution < -0.4 is 0 Å². The fraction of sp³-hybridized carbons (Fsp3) is 0.350. The number of nitrogens with zero attached hydrogens (tertiary/aromatic N) is 1. The summed E-state index contributed by atoms with van der Waals surface area (Å²) in [6.45, 7) is 1.51. The Morgan fingerprint density at radius 1 is 1.28 bits per heavy atom. The van der Waals surface area contributed by atoms with Gasteiger partial charge < -0.3 is 14.7 Å². The Bertz CT molecular complexity index is 827. The van der Waals surface area contributed by atoms with Gasteiger partial charge in [-0.3, -0.25) is 5.41 Å². The lowest BCUT2D eigenvalue weighted by molar-refractivity contribution is -0.132. The summed E-state index contributed by atoms with van der Waals surface area (Å²) in [5.41, 5.74) is 0.652. The second-order valence-electron chi connectivity index (χ2n) is 5.84. The average molecular weight is 412 g/mol. The molecule has 158 valence electrons. The van der Waals surface area contributed by atoms with Crippen molar-refractivity contribution < 1.29 is 32.6 Å². The molecule has 0 saturated heterocycles. The van der Waals surface area contributed by atoms with Crippen LogP contribution in [0.5, 0.6) is 0 Å². The van der Waals surface area contributed by atoms with E-state index in [-0.39, 0.29) is 25.2 Å². The van der Waals surface area contributed by atoms with E-state index in [2.05, 4.69) is 9.89 Å². The van der Waals surface area contributed by atoms with E-state index >= 15 is 0 Å². The van der Waals surface area contributed by atoms with Crippen LogP contribution in [-0.4, -0.2) is 42.9 Å². The van der Waals surface area contributed by atoms with Crippen molar-refractivity contribution in [3.05, 3.63) is 58.7 Å². The van der Waals surface area contributed by atoms with Crippen molar-refractivity contribution >= 4 is 17.4 Å². The Hall–Kier alpha value is -2.94. The minimum absolute atomic E-state index is 0.0456. The molecule has 0 aromatic heterocycles. The number of halogens is 3. The first-order valence-corrected chi connectivity index (χ1v) is 8.58. The standard InChI is InChI=1S/C19H19F3N2O3.CH4O/c1-12(13-7-5-8-15(10-13)19(20,21)22)24-27-11-14-6-3-4-9-16(14)17(23)18(25)26-2;1-2/h3-4,6-7,9-10,23H,5,8,11H2,1-2H3;2H,1H3/b23-17?,24-12+;. The number of allylic oxidation sites excluding steroid dienone is 4. The summed E-state index contributed by atoms with van der Waals surface area (Å²) in [6, 6.07) is 6.63. The SMILES string of the molecule is CO.COC(=O)C(=N)c1ccccc1CO/N=C(\C)C1=CCCC(C(F)(F)F)=C1.